The van der Waals surface area contributed by atoms with Crippen molar-refractivity contribution in [2.75, 3.05) is 18.4 Å². The maximum absolute atomic E-state index is 12.4. The molecule has 0 aliphatic carbocycles. The van der Waals surface area contributed by atoms with Gasteiger partial charge in [0, 0.05) is 18.8 Å². The molecular weight excluding hydrogens is 306 g/mol. The van der Waals surface area contributed by atoms with Crippen LogP contribution in [0, 0.1) is 6.92 Å². The second-order valence-corrected chi connectivity index (χ2v) is 6.43. The number of hydrogen-bond acceptors (Lipinski definition) is 5. The van der Waals surface area contributed by atoms with Gasteiger partial charge in [-0.2, -0.15) is 5.10 Å². The summed E-state index contributed by atoms with van der Waals surface area (Å²) < 4.78 is 6.95. The lowest BCUT2D eigenvalue weighted by Gasteiger charge is -2.34. The van der Waals surface area contributed by atoms with Crippen molar-refractivity contribution in [3.63, 3.8) is 0 Å². The number of nitrogens with one attached hydrogen (secondary N) is 1. The molecule has 2 aromatic heterocycles. The number of carbonyl (C=O) groups is 1. The Balaban J connectivity index is 1.52. The lowest BCUT2D eigenvalue weighted by atomic mass is 9.91. The van der Waals surface area contributed by atoms with E-state index < -0.39 is 0 Å². The molecule has 0 saturated carbocycles. The van der Waals surface area contributed by atoms with E-state index in [2.05, 4.69) is 33.6 Å². The Kier molecular flexibility index (Phi) is 4.99. The van der Waals surface area contributed by atoms with E-state index in [1.54, 1.807) is 13.0 Å². The van der Waals surface area contributed by atoms with E-state index in [1.165, 1.54) is 5.56 Å². The Labute approximate surface area is 142 Å². The van der Waals surface area contributed by atoms with Crippen LogP contribution in [0.2, 0.25) is 0 Å². The number of likely N-dealkylation sites (tertiary alicyclic amines) is 1. The Morgan fingerprint density at radius 2 is 2.21 bits per heavy atom. The number of aromatic nitrogens is 3. The standard InChI is InChI=1S/C17H25N5O2/c1-4-22-11-15(10-18-22)14-5-7-21(8-6-14)13(3)17(23)19-16-9-12(2)24-20-16/h9-11,13-14H,4-8H2,1-3H3,(H,19,20,23)/t13-/m0/s1. The molecule has 1 aliphatic rings. The Hall–Kier alpha value is -2.15. The smallest absolute Gasteiger partial charge is 0.242 e. The fourth-order valence-electron chi connectivity index (χ4n) is 3.21. The van der Waals surface area contributed by atoms with Crippen LogP contribution in [0.15, 0.2) is 23.0 Å². The first-order chi connectivity index (χ1) is 11.6. The number of amides is 1. The maximum atomic E-state index is 12.4. The number of anilines is 1. The molecule has 1 N–H and O–H groups in total. The first kappa shape index (κ1) is 16.7. The van der Waals surface area contributed by atoms with Gasteiger partial charge >= 0.3 is 0 Å². The van der Waals surface area contributed by atoms with E-state index in [-0.39, 0.29) is 11.9 Å². The number of rotatable bonds is 5. The van der Waals surface area contributed by atoms with Gasteiger partial charge in [0.1, 0.15) is 5.76 Å². The first-order valence-corrected chi connectivity index (χ1v) is 8.57. The fourth-order valence-corrected chi connectivity index (χ4v) is 3.21. The molecule has 1 saturated heterocycles. The number of carbonyl (C=O) groups excluding carboxylic acids is 1. The predicted octanol–water partition coefficient (Wildman–Crippen LogP) is 2.41. The van der Waals surface area contributed by atoms with Gasteiger partial charge in [0.25, 0.3) is 0 Å². The Morgan fingerprint density at radius 3 is 2.79 bits per heavy atom. The minimum Gasteiger partial charge on any atom is -0.360 e. The molecule has 0 spiro atoms. The summed E-state index contributed by atoms with van der Waals surface area (Å²) >= 11 is 0. The molecule has 1 aliphatic heterocycles. The van der Waals surface area contributed by atoms with Crippen LogP contribution in [-0.4, -0.2) is 44.9 Å². The van der Waals surface area contributed by atoms with Gasteiger partial charge in [0.2, 0.25) is 5.91 Å². The van der Waals surface area contributed by atoms with Gasteiger partial charge in [0.15, 0.2) is 5.82 Å². The van der Waals surface area contributed by atoms with Crippen molar-refractivity contribution in [1.29, 1.82) is 0 Å². The minimum atomic E-state index is -0.179. The van der Waals surface area contributed by atoms with E-state index in [0.717, 1.165) is 32.5 Å². The molecule has 1 amide bonds. The van der Waals surface area contributed by atoms with Crippen molar-refractivity contribution < 1.29 is 9.32 Å². The largest absolute Gasteiger partial charge is 0.360 e. The van der Waals surface area contributed by atoms with Gasteiger partial charge in [-0.15, -0.1) is 0 Å². The Morgan fingerprint density at radius 1 is 1.46 bits per heavy atom. The van der Waals surface area contributed by atoms with Crippen LogP contribution in [0.1, 0.15) is 43.9 Å². The van der Waals surface area contributed by atoms with Crippen molar-refractivity contribution in [2.24, 2.45) is 0 Å². The highest BCUT2D eigenvalue weighted by molar-refractivity contribution is 5.93. The van der Waals surface area contributed by atoms with Crippen LogP contribution in [0.3, 0.4) is 0 Å². The van der Waals surface area contributed by atoms with E-state index in [0.29, 0.717) is 17.5 Å². The summed E-state index contributed by atoms with van der Waals surface area (Å²) in [5.74, 6) is 1.66. The summed E-state index contributed by atoms with van der Waals surface area (Å²) in [4.78, 5) is 14.6. The van der Waals surface area contributed by atoms with Crippen LogP contribution >= 0.6 is 0 Å². The molecule has 3 rings (SSSR count). The third-order valence-electron chi connectivity index (χ3n) is 4.78. The van der Waals surface area contributed by atoms with E-state index >= 15 is 0 Å². The van der Waals surface area contributed by atoms with Crippen LogP contribution in [0.5, 0.6) is 0 Å². The summed E-state index contributed by atoms with van der Waals surface area (Å²) in [5.41, 5.74) is 1.31. The third-order valence-corrected chi connectivity index (χ3v) is 4.78. The molecule has 24 heavy (non-hydrogen) atoms. The molecular formula is C17H25N5O2. The molecule has 3 heterocycles. The minimum absolute atomic E-state index is 0.0412. The van der Waals surface area contributed by atoms with E-state index in [9.17, 15) is 4.79 Å². The summed E-state index contributed by atoms with van der Waals surface area (Å²) in [6.07, 6.45) is 6.22. The lowest BCUT2D eigenvalue weighted by molar-refractivity contribution is -0.121. The highest BCUT2D eigenvalue weighted by Crippen LogP contribution is 2.28. The van der Waals surface area contributed by atoms with Crippen molar-refractivity contribution in [1.82, 2.24) is 19.8 Å². The molecule has 0 radical (unpaired) electrons. The second kappa shape index (κ2) is 7.17. The molecule has 2 aromatic rings. The van der Waals surface area contributed by atoms with Crippen LogP contribution in [0.4, 0.5) is 5.82 Å². The van der Waals surface area contributed by atoms with Crippen molar-refractivity contribution in [2.45, 2.75) is 52.1 Å². The fraction of sp³-hybridized carbons (Fsp3) is 0.588. The predicted molar refractivity (Wildman–Crippen MR) is 90.8 cm³/mol. The SMILES string of the molecule is CCn1cc(C2CCN([C@@H](C)C(=O)Nc3cc(C)on3)CC2)cn1. The van der Waals surface area contributed by atoms with E-state index in [1.807, 2.05) is 17.8 Å². The molecule has 0 unspecified atom stereocenters. The quantitative estimate of drug-likeness (QED) is 0.910. The summed E-state index contributed by atoms with van der Waals surface area (Å²) in [7, 11) is 0. The van der Waals surface area contributed by atoms with Crippen LogP contribution in [0.25, 0.3) is 0 Å². The van der Waals surface area contributed by atoms with Gasteiger partial charge in [-0.1, -0.05) is 5.16 Å². The number of piperidine rings is 1. The van der Waals surface area contributed by atoms with Gasteiger partial charge in [-0.25, -0.2) is 0 Å². The average molecular weight is 331 g/mol. The Bertz CT molecular complexity index is 685. The zero-order valence-electron chi connectivity index (χ0n) is 14.5. The van der Waals surface area contributed by atoms with Crippen molar-refractivity contribution >= 4 is 11.7 Å². The van der Waals surface area contributed by atoms with Gasteiger partial charge in [-0.05, 0) is 58.2 Å². The highest BCUT2D eigenvalue weighted by atomic mass is 16.5. The molecule has 7 heteroatoms. The zero-order chi connectivity index (χ0) is 17.1. The highest BCUT2D eigenvalue weighted by Gasteiger charge is 2.28. The summed E-state index contributed by atoms with van der Waals surface area (Å²) in [6.45, 7) is 8.56. The maximum Gasteiger partial charge on any atom is 0.242 e. The summed E-state index contributed by atoms with van der Waals surface area (Å²) in [5, 5.41) is 11.0. The van der Waals surface area contributed by atoms with E-state index in [4.69, 9.17) is 4.52 Å². The molecule has 0 bridgehead atoms. The molecule has 1 fully saturated rings. The van der Waals surface area contributed by atoms with Crippen molar-refractivity contribution in [3.8, 4) is 0 Å². The topological polar surface area (TPSA) is 76.2 Å². The van der Waals surface area contributed by atoms with Crippen LogP contribution < -0.4 is 5.32 Å². The van der Waals surface area contributed by atoms with Crippen LogP contribution in [-0.2, 0) is 11.3 Å². The molecule has 0 aromatic carbocycles. The molecule has 1 atom stereocenters. The van der Waals surface area contributed by atoms with Gasteiger partial charge < -0.3 is 9.84 Å². The molecule has 130 valence electrons. The summed E-state index contributed by atoms with van der Waals surface area (Å²) in [6, 6.07) is 1.55. The third kappa shape index (κ3) is 3.67. The monoisotopic (exact) mass is 331 g/mol. The van der Waals surface area contributed by atoms with Gasteiger partial charge in [-0.3, -0.25) is 14.4 Å². The number of aryl methyl sites for hydroxylation is 2. The van der Waals surface area contributed by atoms with Crippen molar-refractivity contribution in [3.05, 3.63) is 29.8 Å². The van der Waals surface area contributed by atoms with Gasteiger partial charge in [0.05, 0.1) is 12.2 Å². The normalized spacial score (nSPS) is 17.8. The molecule has 7 nitrogen and oxygen atoms in total. The zero-order valence-corrected chi connectivity index (χ0v) is 14.5. The lowest BCUT2D eigenvalue weighted by Crippen LogP contribution is -2.45. The average Bonchev–Trinajstić information content (AvgIpc) is 3.23. The number of nitrogens with zero attached hydrogens (tertiary/aromatic N) is 4. The second-order valence-electron chi connectivity index (χ2n) is 6.43. The first-order valence-electron chi connectivity index (χ1n) is 8.57. The number of hydrogen-bond donors (Lipinski definition) is 1.